The fraction of sp³-hybridized carbons (Fsp3) is 0.750. The number of aliphatic hydroxyl groups excluding tert-OH is 1. The number of nitrogens with zero attached hydrogens (tertiary/aromatic N) is 2. The summed E-state index contributed by atoms with van der Waals surface area (Å²) in [7, 11) is 0. The van der Waals surface area contributed by atoms with Crippen LogP contribution in [0.2, 0.25) is 0 Å². The third kappa shape index (κ3) is 1.99. The molecule has 0 radical (unpaired) electrons. The molecule has 0 atom stereocenters. The summed E-state index contributed by atoms with van der Waals surface area (Å²) < 4.78 is 7.70. The molecule has 0 unspecified atom stereocenters. The van der Waals surface area contributed by atoms with Gasteiger partial charge in [-0.25, -0.2) is 4.98 Å². The van der Waals surface area contributed by atoms with Gasteiger partial charge < -0.3 is 19.7 Å². The fourth-order valence-electron chi connectivity index (χ4n) is 2.80. The van der Waals surface area contributed by atoms with Crippen LogP contribution in [0, 0.1) is 0 Å². The number of aromatic nitrogens is 2. The predicted molar refractivity (Wildman–Crippen MR) is 62.7 cm³/mol. The Bertz CT molecular complexity index is 397. The number of nitrogens with one attached hydrogen (secondary N) is 1. The lowest BCUT2D eigenvalue weighted by molar-refractivity contribution is 0.0826. The number of hydrogen-bond donors (Lipinski definition) is 2. The molecule has 17 heavy (non-hydrogen) atoms. The van der Waals surface area contributed by atoms with Crippen LogP contribution < -0.4 is 5.32 Å². The van der Waals surface area contributed by atoms with Crippen LogP contribution in [0.5, 0.6) is 0 Å². The molecule has 2 N–H and O–H groups in total. The smallest absolute Gasteiger partial charge is 0.112 e. The van der Waals surface area contributed by atoms with Crippen molar-refractivity contribution >= 4 is 0 Å². The highest BCUT2D eigenvalue weighted by Crippen LogP contribution is 2.29. The Labute approximate surface area is 101 Å². The highest BCUT2D eigenvalue weighted by Gasteiger charge is 2.26. The van der Waals surface area contributed by atoms with E-state index in [0.717, 1.165) is 57.2 Å². The van der Waals surface area contributed by atoms with E-state index < -0.39 is 0 Å². The number of ether oxygens (including phenoxy) is 1. The van der Waals surface area contributed by atoms with E-state index in [1.165, 1.54) is 5.69 Å². The van der Waals surface area contributed by atoms with E-state index in [0.29, 0.717) is 5.92 Å². The second-order valence-corrected chi connectivity index (χ2v) is 4.74. The average molecular weight is 237 g/mol. The Morgan fingerprint density at radius 3 is 3.00 bits per heavy atom. The van der Waals surface area contributed by atoms with Crippen molar-refractivity contribution < 1.29 is 9.84 Å². The molecule has 5 heteroatoms. The molecular formula is C12H19N3O2. The highest BCUT2D eigenvalue weighted by molar-refractivity contribution is 5.20. The summed E-state index contributed by atoms with van der Waals surface area (Å²) in [5.41, 5.74) is 2.01. The Hall–Kier alpha value is -0.910. The molecular weight excluding hydrogens is 218 g/mol. The first-order valence-corrected chi connectivity index (χ1v) is 6.37. The van der Waals surface area contributed by atoms with E-state index in [4.69, 9.17) is 4.74 Å². The van der Waals surface area contributed by atoms with Gasteiger partial charge in [-0.2, -0.15) is 0 Å². The summed E-state index contributed by atoms with van der Waals surface area (Å²) in [6.07, 6.45) is 2.10. The lowest BCUT2D eigenvalue weighted by Crippen LogP contribution is -2.30. The van der Waals surface area contributed by atoms with Gasteiger partial charge in [-0.3, -0.25) is 0 Å². The van der Waals surface area contributed by atoms with Gasteiger partial charge >= 0.3 is 0 Å². The van der Waals surface area contributed by atoms with Crippen molar-refractivity contribution in [3.05, 3.63) is 17.2 Å². The first-order valence-electron chi connectivity index (χ1n) is 6.37. The van der Waals surface area contributed by atoms with E-state index in [-0.39, 0.29) is 6.61 Å². The molecule has 0 spiro atoms. The topological polar surface area (TPSA) is 59.3 Å². The highest BCUT2D eigenvalue weighted by atomic mass is 16.5. The number of imidazole rings is 1. The second-order valence-electron chi connectivity index (χ2n) is 4.74. The van der Waals surface area contributed by atoms with Crippen LogP contribution >= 0.6 is 0 Å². The molecule has 0 aromatic carbocycles. The minimum atomic E-state index is 0.0419. The molecule has 1 fully saturated rings. The van der Waals surface area contributed by atoms with Crippen LogP contribution in [-0.4, -0.2) is 34.4 Å². The first-order chi connectivity index (χ1) is 8.40. The fourth-order valence-corrected chi connectivity index (χ4v) is 2.80. The van der Waals surface area contributed by atoms with Crippen LogP contribution in [0.3, 0.4) is 0 Å². The number of hydrogen-bond acceptors (Lipinski definition) is 4. The Kier molecular flexibility index (Phi) is 3.13. The standard InChI is InChI=1S/C12H19N3O2/c16-8-10-11-7-13-3-4-15(11)12(14-10)9-1-5-17-6-2-9/h9,13,16H,1-8H2. The van der Waals surface area contributed by atoms with E-state index in [2.05, 4.69) is 14.9 Å². The Balaban J connectivity index is 1.95. The molecule has 0 bridgehead atoms. The summed E-state index contributed by atoms with van der Waals surface area (Å²) in [4.78, 5) is 4.65. The monoisotopic (exact) mass is 237 g/mol. The number of rotatable bonds is 2. The molecule has 2 aliphatic heterocycles. The largest absolute Gasteiger partial charge is 0.390 e. The zero-order valence-corrected chi connectivity index (χ0v) is 9.98. The van der Waals surface area contributed by atoms with E-state index in [1.807, 2.05) is 0 Å². The van der Waals surface area contributed by atoms with Crippen LogP contribution in [0.15, 0.2) is 0 Å². The summed E-state index contributed by atoms with van der Waals surface area (Å²) in [6, 6.07) is 0. The van der Waals surface area contributed by atoms with Gasteiger partial charge in [-0.1, -0.05) is 0 Å². The Morgan fingerprint density at radius 1 is 1.41 bits per heavy atom. The molecule has 0 aliphatic carbocycles. The van der Waals surface area contributed by atoms with Gasteiger partial charge in [0.05, 0.1) is 18.0 Å². The number of aliphatic hydroxyl groups is 1. The molecule has 94 valence electrons. The maximum Gasteiger partial charge on any atom is 0.112 e. The maximum absolute atomic E-state index is 9.38. The SMILES string of the molecule is OCc1nc(C2CCOCC2)n2c1CNCC2. The van der Waals surface area contributed by atoms with E-state index in [9.17, 15) is 5.11 Å². The molecule has 3 heterocycles. The van der Waals surface area contributed by atoms with Crippen molar-refractivity contribution in [3.8, 4) is 0 Å². The summed E-state index contributed by atoms with van der Waals surface area (Å²) in [6.45, 7) is 4.49. The predicted octanol–water partition coefficient (Wildman–Crippen LogP) is 0.373. The molecule has 5 nitrogen and oxygen atoms in total. The average Bonchev–Trinajstić information content (AvgIpc) is 2.78. The zero-order chi connectivity index (χ0) is 11.7. The van der Waals surface area contributed by atoms with Gasteiger partial charge in [0.15, 0.2) is 0 Å². The van der Waals surface area contributed by atoms with Crippen molar-refractivity contribution in [2.75, 3.05) is 19.8 Å². The Morgan fingerprint density at radius 2 is 2.24 bits per heavy atom. The van der Waals surface area contributed by atoms with Crippen molar-refractivity contribution in [3.63, 3.8) is 0 Å². The minimum Gasteiger partial charge on any atom is -0.390 e. The lowest BCUT2D eigenvalue weighted by atomic mass is 9.99. The summed E-state index contributed by atoms with van der Waals surface area (Å²) in [5.74, 6) is 1.66. The van der Waals surface area contributed by atoms with Gasteiger partial charge in [0.1, 0.15) is 5.82 Å². The van der Waals surface area contributed by atoms with Crippen LogP contribution in [0.4, 0.5) is 0 Å². The molecule has 0 saturated carbocycles. The third-order valence-corrected chi connectivity index (χ3v) is 3.73. The van der Waals surface area contributed by atoms with Gasteiger partial charge in [0.2, 0.25) is 0 Å². The first kappa shape index (κ1) is 11.2. The molecule has 2 aliphatic rings. The summed E-state index contributed by atoms with van der Waals surface area (Å²) >= 11 is 0. The van der Waals surface area contributed by atoms with Gasteiger partial charge in [0.25, 0.3) is 0 Å². The second kappa shape index (κ2) is 4.76. The zero-order valence-electron chi connectivity index (χ0n) is 9.98. The van der Waals surface area contributed by atoms with Crippen molar-refractivity contribution in [2.45, 2.75) is 38.5 Å². The molecule has 0 amide bonds. The van der Waals surface area contributed by atoms with E-state index >= 15 is 0 Å². The van der Waals surface area contributed by atoms with Crippen molar-refractivity contribution in [2.24, 2.45) is 0 Å². The third-order valence-electron chi connectivity index (χ3n) is 3.73. The lowest BCUT2D eigenvalue weighted by Gasteiger charge is -2.25. The molecule has 1 saturated heterocycles. The van der Waals surface area contributed by atoms with Crippen molar-refractivity contribution in [1.82, 2.24) is 14.9 Å². The van der Waals surface area contributed by atoms with Gasteiger partial charge in [-0.05, 0) is 12.8 Å². The maximum atomic E-state index is 9.38. The molecule has 1 aromatic heterocycles. The molecule has 3 rings (SSSR count). The van der Waals surface area contributed by atoms with Crippen molar-refractivity contribution in [1.29, 1.82) is 0 Å². The van der Waals surface area contributed by atoms with E-state index in [1.54, 1.807) is 0 Å². The van der Waals surface area contributed by atoms with Gasteiger partial charge in [0, 0.05) is 38.8 Å². The normalized spacial score (nSPS) is 21.5. The minimum absolute atomic E-state index is 0.0419. The summed E-state index contributed by atoms with van der Waals surface area (Å²) in [5, 5.41) is 12.7. The molecule has 1 aromatic rings. The quantitative estimate of drug-likeness (QED) is 0.780. The van der Waals surface area contributed by atoms with Gasteiger partial charge in [-0.15, -0.1) is 0 Å². The van der Waals surface area contributed by atoms with Crippen LogP contribution in [0.1, 0.15) is 36.0 Å². The van der Waals surface area contributed by atoms with Crippen LogP contribution in [-0.2, 0) is 24.4 Å². The number of fused-ring (bicyclic) bond motifs is 1. The van der Waals surface area contributed by atoms with Crippen LogP contribution in [0.25, 0.3) is 0 Å².